The molecule has 1 aliphatic carbocycles. The zero-order chi connectivity index (χ0) is 20.4. The topological polar surface area (TPSA) is 69.7 Å². The van der Waals surface area contributed by atoms with Crippen LogP contribution in [0, 0.1) is 12.3 Å². The smallest absolute Gasteiger partial charge is 0.307 e. The fourth-order valence-electron chi connectivity index (χ4n) is 4.50. The summed E-state index contributed by atoms with van der Waals surface area (Å²) < 4.78 is 10.9. The highest BCUT2D eigenvalue weighted by atomic mass is 16.6. The van der Waals surface area contributed by atoms with E-state index in [1.807, 2.05) is 55.5 Å². The minimum Gasteiger partial charge on any atom is -0.461 e. The Morgan fingerprint density at radius 2 is 1.93 bits per heavy atom. The number of fused-ring (bicyclic) bond motifs is 1. The van der Waals surface area contributed by atoms with Gasteiger partial charge >= 0.3 is 11.9 Å². The van der Waals surface area contributed by atoms with Crippen molar-refractivity contribution in [3.8, 4) is 0 Å². The van der Waals surface area contributed by atoms with Gasteiger partial charge in [-0.1, -0.05) is 60.2 Å². The lowest BCUT2D eigenvalue weighted by atomic mass is 9.64. The molecule has 0 aromatic heterocycles. The third-order valence-electron chi connectivity index (χ3n) is 6.05. The predicted molar refractivity (Wildman–Crippen MR) is 106 cm³/mol. The molecule has 4 rings (SSSR count). The Hall–Kier alpha value is -2.95. The Balaban J connectivity index is 1.48. The van der Waals surface area contributed by atoms with Crippen LogP contribution in [0.1, 0.15) is 48.3 Å². The van der Waals surface area contributed by atoms with E-state index in [-0.39, 0.29) is 31.1 Å². The highest BCUT2D eigenvalue weighted by Crippen LogP contribution is 2.50. The maximum atomic E-state index is 13.2. The summed E-state index contributed by atoms with van der Waals surface area (Å²) in [7, 11) is 0. The second-order valence-corrected chi connectivity index (χ2v) is 8.11. The number of esters is 2. The molecule has 0 amide bonds. The van der Waals surface area contributed by atoms with Gasteiger partial charge in [0.2, 0.25) is 0 Å². The summed E-state index contributed by atoms with van der Waals surface area (Å²) in [4.78, 5) is 37.8. The van der Waals surface area contributed by atoms with Crippen molar-refractivity contribution >= 4 is 17.7 Å². The third-order valence-corrected chi connectivity index (χ3v) is 6.05. The lowest BCUT2D eigenvalue weighted by Crippen LogP contribution is -2.46. The van der Waals surface area contributed by atoms with Gasteiger partial charge in [0.05, 0.1) is 18.3 Å². The normalized spacial score (nSPS) is 26.0. The monoisotopic (exact) mass is 392 g/mol. The molecule has 2 fully saturated rings. The van der Waals surface area contributed by atoms with Crippen LogP contribution in [0.3, 0.4) is 0 Å². The van der Waals surface area contributed by atoms with Gasteiger partial charge in [0.1, 0.15) is 18.5 Å². The molecule has 5 heteroatoms. The van der Waals surface area contributed by atoms with Gasteiger partial charge < -0.3 is 9.47 Å². The molecule has 150 valence electrons. The zero-order valence-corrected chi connectivity index (χ0v) is 16.4. The minimum atomic E-state index is -1.09. The van der Waals surface area contributed by atoms with Gasteiger partial charge in [-0.2, -0.15) is 0 Å². The van der Waals surface area contributed by atoms with Crippen LogP contribution in [0.15, 0.2) is 54.6 Å². The van der Waals surface area contributed by atoms with Crippen molar-refractivity contribution in [2.45, 2.75) is 51.2 Å². The van der Waals surface area contributed by atoms with Crippen molar-refractivity contribution in [3.63, 3.8) is 0 Å². The second-order valence-electron chi connectivity index (χ2n) is 8.11. The first-order chi connectivity index (χ1) is 14.0. The maximum absolute atomic E-state index is 13.2. The molecule has 0 bridgehead atoms. The van der Waals surface area contributed by atoms with Crippen molar-refractivity contribution in [3.05, 3.63) is 71.3 Å². The fourth-order valence-corrected chi connectivity index (χ4v) is 4.50. The van der Waals surface area contributed by atoms with E-state index in [1.165, 1.54) is 0 Å². The Morgan fingerprint density at radius 1 is 1.14 bits per heavy atom. The van der Waals surface area contributed by atoms with Crippen LogP contribution < -0.4 is 0 Å². The standard InChI is InChI=1S/C24H24O5/c1-16-6-5-9-18(10-16)19-11-20(25)24(14-23(27)29-21(24)12-19)13-22(26)28-15-17-7-3-2-4-8-17/h2-10,19,21H,11-15H2,1H3. The molecule has 1 heterocycles. The van der Waals surface area contributed by atoms with Crippen LogP contribution in [-0.2, 0) is 30.5 Å². The van der Waals surface area contributed by atoms with E-state index in [1.54, 1.807) is 0 Å². The summed E-state index contributed by atoms with van der Waals surface area (Å²) >= 11 is 0. The van der Waals surface area contributed by atoms with Crippen molar-refractivity contribution in [1.82, 2.24) is 0 Å². The summed E-state index contributed by atoms with van der Waals surface area (Å²) in [6, 6.07) is 17.4. The van der Waals surface area contributed by atoms with E-state index < -0.39 is 23.5 Å². The molecule has 3 atom stereocenters. The van der Waals surface area contributed by atoms with E-state index in [0.29, 0.717) is 12.8 Å². The van der Waals surface area contributed by atoms with E-state index in [4.69, 9.17) is 9.47 Å². The molecule has 2 aromatic rings. The molecule has 1 aliphatic heterocycles. The highest BCUT2D eigenvalue weighted by molar-refractivity contribution is 5.96. The number of rotatable bonds is 5. The van der Waals surface area contributed by atoms with Crippen molar-refractivity contribution in [2.24, 2.45) is 5.41 Å². The first-order valence-electron chi connectivity index (χ1n) is 9.95. The largest absolute Gasteiger partial charge is 0.461 e. The van der Waals surface area contributed by atoms with Gasteiger partial charge in [0.25, 0.3) is 0 Å². The molecular weight excluding hydrogens is 368 g/mol. The first-order valence-corrected chi connectivity index (χ1v) is 9.95. The van der Waals surface area contributed by atoms with E-state index in [2.05, 4.69) is 6.07 Å². The van der Waals surface area contributed by atoms with E-state index in [9.17, 15) is 14.4 Å². The first kappa shape index (κ1) is 19.4. The lowest BCUT2D eigenvalue weighted by molar-refractivity contribution is -0.156. The number of aryl methyl sites for hydroxylation is 1. The van der Waals surface area contributed by atoms with Gasteiger partial charge in [-0.3, -0.25) is 14.4 Å². The number of carbonyl (C=O) groups excluding carboxylic acids is 3. The minimum absolute atomic E-state index is 0.00763. The maximum Gasteiger partial charge on any atom is 0.307 e. The molecule has 2 aromatic carbocycles. The van der Waals surface area contributed by atoms with E-state index >= 15 is 0 Å². The molecule has 1 saturated heterocycles. The number of Topliss-reactive ketones (excluding diaryl/α,β-unsaturated/α-hetero) is 1. The van der Waals surface area contributed by atoms with E-state index in [0.717, 1.165) is 16.7 Å². The van der Waals surface area contributed by atoms with Crippen molar-refractivity contribution in [1.29, 1.82) is 0 Å². The Labute approximate surface area is 170 Å². The number of ketones is 1. The summed E-state index contributed by atoms with van der Waals surface area (Å²) in [5.41, 5.74) is 1.98. The molecule has 2 aliphatic rings. The summed E-state index contributed by atoms with van der Waals surface area (Å²) in [6.07, 6.45) is 0.119. The average Bonchev–Trinajstić information content (AvgIpc) is 3.03. The summed E-state index contributed by atoms with van der Waals surface area (Å²) in [5.74, 6) is -0.974. The van der Waals surface area contributed by atoms with Gasteiger partial charge in [-0.15, -0.1) is 0 Å². The fraction of sp³-hybridized carbons (Fsp3) is 0.375. The van der Waals surface area contributed by atoms with Crippen LogP contribution in [0.2, 0.25) is 0 Å². The van der Waals surface area contributed by atoms with Gasteiger partial charge in [-0.05, 0) is 30.4 Å². The van der Waals surface area contributed by atoms with Crippen LogP contribution in [-0.4, -0.2) is 23.8 Å². The summed E-state index contributed by atoms with van der Waals surface area (Å²) in [6.45, 7) is 2.16. The van der Waals surface area contributed by atoms with Crippen molar-refractivity contribution in [2.75, 3.05) is 0 Å². The van der Waals surface area contributed by atoms with Crippen LogP contribution in [0.5, 0.6) is 0 Å². The Bertz CT molecular complexity index is 935. The molecular formula is C24H24O5. The van der Waals surface area contributed by atoms with Crippen LogP contribution in [0.25, 0.3) is 0 Å². The molecule has 5 nitrogen and oxygen atoms in total. The number of benzene rings is 2. The molecule has 1 saturated carbocycles. The molecule has 0 radical (unpaired) electrons. The molecule has 29 heavy (non-hydrogen) atoms. The number of carbonyl (C=O) groups is 3. The molecule has 0 N–H and O–H groups in total. The summed E-state index contributed by atoms with van der Waals surface area (Å²) in [5, 5.41) is 0. The quantitative estimate of drug-likeness (QED) is 0.723. The Kier molecular flexibility index (Phi) is 5.22. The Morgan fingerprint density at radius 3 is 2.69 bits per heavy atom. The SMILES string of the molecule is Cc1cccc(C2CC(=O)C3(CC(=O)OCc4ccccc4)CC(=O)OC3C2)c1. The van der Waals surface area contributed by atoms with Gasteiger partial charge in [0, 0.05) is 6.42 Å². The van der Waals surface area contributed by atoms with Crippen molar-refractivity contribution < 1.29 is 23.9 Å². The number of ether oxygens (including phenoxy) is 2. The third kappa shape index (κ3) is 3.95. The lowest BCUT2D eigenvalue weighted by Gasteiger charge is -2.38. The molecule has 0 spiro atoms. The molecule has 3 unspecified atom stereocenters. The predicted octanol–water partition coefficient (Wildman–Crippen LogP) is 3.88. The highest BCUT2D eigenvalue weighted by Gasteiger charge is 2.58. The van der Waals surface area contributed by atoms with Gasteiger partial charge in [0.15, 0.2) is 0 Å². The van der Waals surface area contributed by atoms with Crippen LogP contribution in [0.4, 0.5) is 0 Å². The zero-order valence-electron chi connectivity index (χ0n) is 16.4. The van der Waals surface area contributed by atoms with Gasteiger partial charge in [-0.25, -0.2) is 0 Å². The average molecular weight is 392 g/mol. The number of hydrogen-bond donors (Lipinski definition) is 0. The number of hydrogen-bond acceptors (Lipinski definition) is 5. The second kappa shape index (κ2) is 7.82. The van der Waals surface area contributed by atoms with Crippen LogP contribution >= 0.6 is 0 Å².